The molecule has 1 aliphatic rings. The van der Waals surface area contributed by atoms with Crippen LogP contribution >= 0.6 is 0 Å². The van der Waals surface area contributed by atoms with Gasteiger partial charge in [0.1, 0.15) is 11.0 Å². The number of hydrogen-bond donors (Lipinski definition) is 1. The number of nitrogens with one attached hydrogen (secondary N) is 1. The van der Waals surface area contributed by atoms with Gasteiger partial charge in [-0.3, -0.25) is 9.20 Å². The third-order valence-electron chi connectivity index (χ3n) is 4.95. The van der Waals surface area contributed by atoms with E-state index in [4.69, 9.17) is 0 Å². The van der Waals surface area contributed by atoms with Gasteiger partial charge in [-0.05, 0) is 43.5 Å². The third kappa shape index (κ3) is 2.42. The number of fused-ring (bicyclic) bond motifs is 2. The molecule has 0 bridgehead atoms. The van der Waals surface area contributed by atoms with Gasteiger partial charge >= 0.3 is 0 Å². The van der Waals surface area contributed by atoms with Crippen LogP contribution in [0.15, 0.2) is 42.9 Å². The van der Waals surface area contributed by atoms with Gasteiger partial charge in [0.2, 0.25) is 5.78 Å². The molecule has 130 valence electrons. The van der Waals surface area contributed by atoms with Crippen LogP contribution in [0.2, 0.25) is 0 Å². The molecule has 8 nitrogen and oxygen atoms in total. The summed E-state index contributed by atoms with van der Waals surface area (Å²) in [6, 6.07) is 7.36. The van der Waals surface area contributed by atoms with E-state index < -0.39 is 0 Å². The monoisotopic (exact) mass is 347 g/mol. The molecule has 1 amide bonds. The van der Waals surface area contributed by atoms with Crippen molar-refractivity contribution in [3.05, 3.63) is 54.1 Å². The second-order valence-corrected chi connectivity index (χ2v) is 6.52. The summed E-state index contributed by atoms with van der Waals surface area (Å²) in [4.78, 5) is 24.0. The summed E-state index contributed by atoms with van der Waals surface area (Å²) in [5.41, 5.74) is 2.96. The molecular formula is C18H17N7O. The molecule has 3 aromatic heterocycles. The van der Waals surface area contributed by atoms with Crippen LogP contribution in [0.3, 0.4) is 0 Å². The van der Waals surface area contributed by atoms with Crippen molar-refractivity contribution in [2.24, 2.45) is 0 Å². The Morgan fingerprint density at radius 2 is 2.04 bits per heavy atom. The number of aromatic amines is 1. The minimum Gasteiger partial charge on any atom is -0.330 e. The number of rotatable bonds is 2. The van der Waals surface area contributed by atoms with Crippen molar-refractivity contribution >= 4 is 22.7 Å². The SMILES string of the molecule is O=C(c1ccc2n[nH]nc2c1)N1CCCC[C@@H]1c1ccn2ccnc2n1. The van der Waals surface area contributed by atoms with Crippen LogP contribution in [-0.2, 0) is 0 Å². The molecular weight excluding hydrogens is 330 g/mol. The molecule has 1 saturated heterocycles. The first kappa shape index (κ1) is 15.0. The average molecular weight is 347 g/mol. The molecule has 1 atom stereocenters. The lowest BCUT2D eigenvalue weighted by atomic mass is 9.98. The maximum Gasteiger partial charge on any atom is 0.254 e. The van der Waals surface area contributed by atoms with Crippen molar-refractivity contribution in [3.63, 3.8) is 0 Å². The fourth-order valence-electron chi connectivity index (χ4n) is 3.62. The number of aromatic nitrogens is 6. The molecule has 0 aliphatic carbocycles. The van der Waals surface area contributed by atoms with Gasteiger partial charge in [0.15, 0.2) is 0 Å². The predicted molar refractivity (Wildman–Crippen MR) is 94.5 cm³/mol. The quantitative estimate of drug-likeness (QED) is 0.601. The molecule has 8 heteroatoms. The van der Waals surface area contributed by atoms with Crippen LogP contribution in [-0.4, -0.2) is 47.1 Å². The van der Waals surface area contributed by atoms with Gasteiger partial charge in [0.05, 0.1) is 11.7 Å². The highest BCUT2D eigenvalue weighted by atomic mass is 16.2. The minimum atomic E-state index is -0.0362. The van der Waals surface area contributed by atoms with Crippen molar-refractivity contribution < 1.29 is 4.79 Å². The summed E-state index contributed by atoms with van der Waals surface area (Å²) in [6.07, 6.45) is 8.52. The summed E-state index contributed by atoms with van der Waals surface area (Å²) in [5, 5.41) is 10.7. The van der Waals surface area contributed by atoms with Crippen molar-refractivity contribution in [1.29, 1.82) is 0 Å². The van der Waals surface area contributed by atoms with E-state index in [1.54, 1.807) is 12.3 Å². The van der Waals surface area contributed by atoms with E-state index in [2.05, 4.69) is 25.4 Å². The maximum atomic E-state index is 13.2. The second-order valence-electron chi connectivity index (χ2n) is 6.52. The lowest BCUT2D eigenvalue weighted by Gasteiger charge is -2.35. The largest absolute Gasteiger partial charge is 0.330 e. The Kier molecular flexibility index (Phi) is 3.41. The predicted octanol–water partition coefficient (Wildman–Crippen LogP) is 2.37. The number of likely N-dealkylation sites (tertiary alicyclic amines) is 1. The second kappa shape index (κ2) is 5.91. The molecule has 1 fully saturated rings. The summed E-state index contributed by atoms with van der Waals surface area (Å²) >= 11 is 0. The molecule has 1 aliphatic heterocycles. The molecule has 0 unspecified atom stereocenters. The smallest absolute Gasteiger partial charge is 0.254 e. The van der Waals surface area contributed by atoms with E-state index in [0.717, 1.165) is 37.0 Å². The summed E-state index contributed by atoms with van der Waals surface area (Å²) in [7, 11) is 0. The van der Waals surface area contributed by atoms with Gasteiger partial charge in [-0.25, -0.2) is 9.97 Å². The number of imidazole rings is 1. The number of benzene rings is 1. The first-order chi connectivity index (χ1) is 12.8. The Morgan fingerprint density at radius 3 is 3.00 bits per heavy atom. The van der Waals surface area contributed by atoms with Gasteiger partial charge in [-0.15, -0.1) is 0 Å². The molecule has 4 heterocycles. The van der Waals surface area contributed by atoms with Crippen molar-refractivity contribution in [2.75, 3.05) is 6.54 Å². The van der Waals surface area contributed by atoms with Crippen LogP contribution in [0.25, 0.3) is 16.8 Å². The number of nitrogens with zero attached hydrogens (tertiary/aromatic N) is 6. The highest BCUT2D eigenvalue weighted by molar-refractivity contribution is 5.97. The Balaban J connectivity index is 1.51. The highest BCUT2D eigenvalue weighted by Crippen LogP contribution is 2.31. The van der Waals surface area contributed by atoms with E-state index in [1.165, 1.54) is 0 Å². The number of H-pyrrole nitrogens is 1. The van der Waals surface area contributed by atoms with Crippen molar-refractivity contribution in [1.82, 2.24) is 34.7 Å². The van der Waals surface area contributed by atoms with Crippen LogP contribution in [0.1, 0.15) is 41.4 Å². The van der Waals surface area contributed by atoms with Crippen LogP contribution < -0.4 is 0 Å². The lowest BCUT2D eigenvalue weighted by molar-refractivity contribution is 0.0606. The average Bonchev–Trinajstić information content (AvgIpc) is 3.35. The number of carbonyl (C=O) groups excluding carboxylic acids is 1. The van der Waals surface area contributed by atoms with Gasteiger partial charge in [0, 0.05) is 30.7 Å². The topological polar surface area (TPSA) is 92.1 Å². The minimum absolute atomic E-state index is 0.00427. The first-order valence-electron chi connectivity index (χ1n) is 8.71. The highest BCUT2D eigenvalue weighted by Gasteiger charge is 2.30. The molecule has 5 rings (SSSR count). The Hall–Kier alpha value is -3.29. The Bertz CT molecular complexity index is 1100. The van der Waals surface area contributed by atoms with Gasteiger partial charge < -0.3 is 4.90 Å². The van der Waals surface area contributed by atoms with E-state index in [9.17, 15) is 4.79 Å². The number of hydrogen-bond acceptors (Lipinski definition) is 5. The Morgan fingerprint density at radius 1 is 1.12 bits per heavy atom. The van der Waals surface area contributed by atoms with Gasteiger partial charge in [-0.1, -0.05) is 0 Å². The van der Waals surface area contributed by atoms with Crippen molar-refractivity contribution in [2.45, 2.75) is 25.3 Å². The summed E-state index contributed by atoms with van der Waals surface area (Å²) < 4.78 is 1.87. The molecule has 1 N–H and O–H groups in total. The normalized spacial score (nSPS) is 17.8. The van der Waals surface area contributed by atoms with E-state index in [1.807, 2.05) is 39.9 Å². The summed E-state index contributed by atoms with van der Waals surface area (Å²) in [5.74, 6) is 0.661. The zero-order chi connectivity index (χ0) is 17.5. The zero-order valence-corrected chi connectivity index (χ0v) is 14.0. The van der Waals surface area contributed by atoms with Crippen LogP contribution in [0, 0.1) is 0 Å². The number of piperidine rings is 1. The Labute approximate surface area is 148 Å². The fraction of sp³-hybridized carbons (Fsp3) is 0.278. The molecule has 0 saturated carbocycles. The van der Waals surface area contributed by atoms with Gasteiger partial charge in [-0.2, -0.15) is 15.4 Å². The van der Waals surface area contributed by atoms with E-state index in [-0.39, 0.29) is 11.9 Å². The summed E-state index contributed by atoms with van der Waals surface area (Å²) in [6.45, 7) is 0.724. The molecule has 0 spiro atoms. The molecule has 1 aromatic carbocycles. The van der Waals surface area contributed by atoms with E-state index >= 15 is 0 Å². The molecule has 4 aromatic rings. The van der Waals surface area contributed by atoms with Gasteiger partial charge in [0.25, 0.3) is 5.91 Å². The first-order valence-corrected chi connectivity index (χ1v) is 8.71. The zero-order valence-electron chi connectivity index (χ0n) is 14.0. The third-order valence-corrected chi connectivity index (χ3v) is 4.95. The van der Waals surface area contributed by atoms with Crippen LogP contribution in [0.5, 0.6) is 0 Å². The fourth-order valence-corrected chi connectivity index (χ4v) is 3.62. The van der Waals surface area contributed by atoms with Crippen molar-refractivity contribution in [3.8, 4) is 0 Å². The lowest BCUT2D eigenvalue weighted by Crippen LogP contribution is -2.39. The molecule has 26 heavy (non-hydrogen) atoms. The maximum absolute atomic E-state index is 13.2. The van der Waals surface area contributed by atoms with E-state index in [0.29, 0.717) is 16.9 Å². The van der Waals surface area contributed by atoms with Crippen LogP contribution in [0.4, 0.5) is 0 Å². The molecule has 0 radical (unpaired) electrons. The standard InChI is InChI=1S/C18H17N7O/c26-17(12-4-5-13-15(11-12)22-23-21-13)25-8-2-1-3-16(25)14-6-9-24-10-7-19-18(24)20-14/h4-7,9-11,16H,1-3,8H2,(H,21,22,23)/t16-/m1/s1. The number of amides is 1. The number of carbonyl (C=O) groups is 1.